The Bertz CT molecular complexity index is 841. The van der Waals surface area contributed by atoms with Gasteiger partial charge in [-0.15, -0.1) is 0 Å². The van der Waals surface area contributed by atoms with Gasteiger partial charge in [-0.05, 0) is 19.1 Å². The van der Waals surface area contributed by atoms with Crippen molar-refractivity contribution in [3.05, 3.63) is 41.5 Å². The molecule has 1 amide bonds. The lowest BCUT2D eigenvalue weighted by Crippen LogP contribution is -2.15. The van der Waals surface area contributed by atoms with E-state index >= 15 is 0 Å². The zero-order valence-electron chi connectivity index (χ0n) is 12.9. The number of hydrogen-bond donors (Lipinski definition) is 1. The molecule has 0 spiro atoms. The number of rotatable bonds is 2. The summed E-state index contributed by atoms with van der Waals surface area (Å²) in [4.78, 5) is 16.7. The van der Waals surface area contributed by atoms with Crippen LogP contribution in [0, 0.1) is 6.92 Å². The van der Waals surface area contributed by atoms with E-state index in [1.165, 1.54) is 0 Å². The zero-order valence-corrected chi connectivity index (χ0v) is 12.9. The Morgan fingerprint density at radius 2 is 2.09 bits per heavy atom. The predicted molar refractivity (Wildman–Crippen MR) is 80.9 cm³/mol. The number of carbonyl (C=O) groups excluding carboxylic acids is 1. The van der Waals surface area contributed by atoms with Crippen molar-refractivity contribution in [3.63, 3.8) is 0 Å². The van der Waals surface area contributed by atoms with E-state index in [0.29, 0.717) is 17.2 Å². The third kappa shape index (κ3) is 2.69. The molecule has 7 nitrogen and oxygen atoms in total. The lowest BCUT2D eigenvalue weighted by molar-refractivity contribution is 0.102. The number of aromatic nitrogens is 4. The first-order chi connectivity index (χ1) is 10.3. The molecule has 0 radical (unpaired) electrons. The molecule has 3 aromatic rings. The van der Waals surface area contributed by atoms with Crippen LogP contribution in [0.15, 0.2) is 28.9 Å². The van der Waals surface area contributed by atoms with Gasteiger partial charge >= 0.3 is 0 Å². The van der Waals surface area contributed by atoms with Gasteiger partial charge in [0.15, 0.2) is 11.5 Å². The molecular formula is C15H17N5O2. The Morgan fingerprint density at radius 1 is 1.32 bits per heavy atom. The summed E-state index contributed by atoms with van der Waals surface area (Å²) in [7, 11) is 0. The topological polar surface area (TPSA) is 85.3 Å². The summed E-state index contributed by atoms with van der Waals surface area (Å²) in [6, 6.07) is 5.05. The molecule has 0 aromatic carbocycles. The monoisotopic (exact) mass is 299 g/mol. The van der Waals surface area contributed by atoms with Crippen LogP contribution < -0.4 is 5.32 Å². The van der Waals surface area contributed by atoms with E-state index < -0.39 is 0 Å². The number of aryl methyl sites for hydroxylation is 1. The lowest BCUT2D eigenvalue weighted by atomic mass is 9.93. The minimum Gasteiger partial charge on any atom is -0.360 e. The van der Waals surface area contributed by atoms with Gasteiger partial charge in [0.1, 0.15) is 11.5 Å². The molecule has 0 saturated heterocycles. The van der Waals surface area contributed by atoms with E-state index in [2.05, 4.69) is 41.3 Å². The molecule has 0 saturated carbocycles. The maximum absolute atomic E-state index is 12.2. The standard InChI is InChI=1S/C15H17N5O2/c1-9-7-12(19-22-9)17-14(21)10-5-6-13-16-11(15(2,3)4)8-20(13)18-10/h5-8H,1-4H3,(H,17,19,21). The van der Waals surface area contributed by atoms with Gasteiger partial charge in [-0.1, -0.05) is 25.9 Å². The molecule has 3 rings (SSSR count). The molecule has 0 unspecified atom stereocenters. The van der Waals surface area contributed by atoms with Crippen molar-refractivity contribution >= 4 is 17.4 Å². The maximum atomic E-state index is 12.2. The van der Waals surface area contributed by atoms with Gasteiger partial charge in [0, 0.05) is 11.5 Å². The molecule has 0 aliphatic carbocycles. The van der Waals surface area contributed by atoms with Crippen molar-refractivity contribution in [1.82, 2.24) is 19.8 Å². The first-order valence-electron chi connectivity index (χ1n) is 6.94. The van der Waals surface area contributed by atoms with E-state index in [1.54, 1.807) is 29.6 Å². The fraction of sp³-hybridized carbons (Fsp3) is 0.333. The average Bonchev–Trinajstić information content (AvgIpc) is 3.03. The number of amides is 1. The lowest BCUT2D eigenvalue weighted by Gasteiger charge is -2.13. The van der Waals surface area contributed by atoms with Crippen molar-refractivity contribution in [2.45, 2.75) is 33.1 Å². The summed E-state index contributed by atoms with van der Waals surface area (Å²) in [5.41, 5.74) is 1.84. The van der Waals surface area contributed by atoms with Crippen LogP contribution >= 0.6 is 0 Å². The van der Waals surface area contributed by atoms with Gasteiger partial charge in [0.25, 0.3) is 5.91 Å². The minimum absolute atomic E-state index is 0.0750. The molecular weight excluding hydrogens is 282 g/mol. The third-order valence-corrected chi connectivity index (χ3v) is 3.19. The number of nitrogens with one attached hydrogen (secondary N) is 1. The van der Waals surface area contributed by atoms with Crippen LogP contribution in [0.5, 0.6) is 0 Å². The molecule has 114 valence electrons. The number of anilines is 1. The first-order valence-corrected chi connectivity index (χ1v) is 6.94. The highest BCUT2D eigenvalue weighted by Gasteiger charge is 2.19. The number of carbonyl (C=O) groups is 1. The molecule has 0 fully saturated rings. The Hall–Kier alpha value is -2.70. The molecule has 3 aromatic heterocycles. The quantitative estimate of drug-likeness (QED) is 0.786. The van der Waals surface area contributed by atoms with Gasteiger partial charge < -0.3 is 9.84 Å². The molecule has 0 aliphatic heterocycles. The second-order valence-corrected chi connectivity index (χ2v) is 6.17. The number of fused-ring (bicyclic) bond motifs is 1. The molecule has 1 N–H and O–H groups in total. The van der Waals surface area contributed by atoms with E-state index in [0.717, 1.165) is 5.69 Å². The van der Waals surface area contributed by atoms with Crippen LogP contribution in [-0.2, 0) is 5.41 Å². The van der Waals surface area contributed by atoms with Crippen molar-refractivity contribution in [2.75, 3.05) is 5.32 Å². The molecule has 3 heterocycles. The second-order valence-electron chi connectivity index (χ2n) is 6.17. The SMILES string of the molecule is Cc1cc(NC(=O)c2ccc3nc(C(C)(C)C)cn3n2)no1. The van der Waals surface area contributed by atoms with E-state index in [-0.39, 0.29) is 17.0 Å². The second kappa shape index (κ2) is 4.94. The van der Waals surface area contributed by atoms with E-state index in [4.69, 9.17) is 4.52 Å². The van der Waals surface area contributed by atoms with Gasteiger partial charge in [-0.3, -0.25) is 4.79 Å². The minimum atomic E-state index is -0.346. The molecule has 22 heavy (non-hydrogen) atoms. The smallest absolute Gasteiger partial charge is 0.277 e. The summed E-state index contributed by atoms with van der Waals surface area (Å²) in [5.74, 6) is 0.648. The molecule has 0 bridgehead atoms. The van der Waals surface area contributed by atoms with Crippen LogP contribution in [0.25, 0.3) is 5.65 Å². The Morgan fingerprint density at radius 3 is 2.73 bits per heavy atom. The fourth-order valence-electron chi connectivity index (χ4n) is 1.97. The summed E-state index contributed by atoms with van der Waals surface area (Å²) < 4.78 is 6.53. The van der Waals surface area contributed by atoms with Crippen LogP contribution in [0.4, 0.5) is 5.82 Å². The average molecular weight is 299 g/mol. The Balaban J connectivity index is 1.89. The zero-order chi connectivity index (χ0) is 15.9. The van der Waals surface area contributed by atoms with Gasteiger partial charge in [0.2, 0.25) is 0 Å². The number of nitrogens with zero attached hydrogens (tertiary/aromatic N) is 4. The highest BCUT2D eigenvalue weighted by molar-refractivity contribution is 6.02. The first kappa shape index (κ1) is 14.2. The third-order valence-electron chi connectivity index (χ3n) is 3.19. The number of imidazole rings is 1. The van der Waals surface area contributed by atoms with Gasteiger partial charge in [-0.2, -0.15) is 5.10 Å². The highest BCUT2D eigenvalue weighted by atomic mass is 16.5. The van der Waals surface area contributed by atoms with Crippen molar-refractivity contribution < 1.29 is 9.32 Å². The predicted octanol–water partition coefficient (Wildman–Crippen LogP) is 2.58. The number of hydrogen-bond acceptors (Lipinski definition) is 5. The summed E-state index contributed by atoms with van der Waals surface area (Å²) in [6.45, 7) is 7.99. The van der Waals surface area contributed by atoms with Crippen molar-refractivity contribution in [1.29, 1.82) is 0 Å². The van der Waals surface area contributed by atoms with Crippen LogP contribution in [0.3, 0.4) is 0 Å². The fourth-order valence-corrected chi connectivity index (χ4v) is 1.97. The van der Waals surface area contributed by atoms with Crippen molar-refractivity contribution in [2.24, 2.45) is 0 Å². The van der Waals surface area contributed by atoms with Gasteiger partial charge in [-0.25, -0.2) is 9.50 Å². The molecule has 7 heteroatoms. The maximum Gasteiger partial charge on any atom is 0.277 e. The summed E-state index contributed by atoms with van der Waals surface area (Å²) >= 11 is 0. The van der Waals surface area contributed by atoms with E-state index in [1.807, 2.05) is 6.20 Å². The molecule has 0 aliphatic rings. The van der Waals surface area contributed by atoms with Gasteiger partial charge in [0.05, 0.1) is 11.9 Å². The van der Waals surface area contributed by atoms with Crippen molar-refractivity contribution in [3.8, 4) is 0 Å². The summed E-state index contributed by atoms with van der Waals surface area (Å²) in [6.07, 6.45) is 1.84. The van der Waals surface area contributed by atoms with Crippen LogP contribution in [0.1, 0.15) is 42.7 Å². The summed E-state index contributed by atoms with van der Waals surface area (Å²) in [5, 5.41) is 10.7. The Kier molecular flexibility index (Phi) is 3.20. The van der Waals surface area contributed by atoms with Crippen LogP contribution in [-0.4, -0.2) is 25.7 Å². The van der Waals surface area contributed by atoms with E-state index in [9.17, 15) is 4.79 Å². The highest BCUT2D eigenvalue weighted by Crippen LogP contribution is 2.21. The molecule has 0 atom stereocenters. The Labute approximate surface area is 127 Å². The van der Waals surface area contributed by atoms with Crippen LogP contribution in [0.2, 0.25) is 0 Å². The normalized spacial score (nSPS) is 11.8. The largest absolute Gasteiger partial charge is 0.360 e.